The zero-order valence-electron chi connectivity index (χ0n) is 20.3. The summed E-state index contributed by atoms with van der Waals surface area (Å²) >= 11 is 0. The van der Waals surface area contributed by atoms with Crippen molar-refractivity contribution < 1.29 is 14.3 Å². The van der Waals surface area contributed by atoms with Crippen LogP contribution in [0.5, 0.6) is 0 Å². The number of nitrogens with zero attached hydrogens (tertiary/aromatic N) is 6. The number of amides is 1. The molecule has 0 radical (unpaired) electrons. The van der Waals surface area contributed by atoms with Crippen LogP contribution in [0, 0.1) is 5.92 Å². The third kappa shape index (κ3) is 5.32. The fourth-order valence-electron chi connectivity index (χ4n) is 4.04. The molecule has 34 heavy (non-hydrogen) atoms. The first-order valence-corrected chi connectivity index (χ1v) is 11.5. The second-order valence-electron chi connectivity index (χ2n) is 9.86. The Morgan fingerprint density at radius 1 is 1.15 bits per heavy atom. The molecule has 0 saturated carbocycles. The number of aromatic nitrogens is 3. The van der Waals surface area contributed by atoms with Crippen LogP contribution >= 0.6 is 0 Å². The Morgan fingerprint density at radius 2 is 1.88 bits per heavy atom. The SMILES string of the molecule is CC(C)C1C(=O)C=Nc2cnc(Nc3cncc(N4CCN(C(=O)OC(C)(C)C)CC4)c3)nc21. The minimum Gasteiger partial charge on any atom is -0.444 e. The van der Waals surface area contributed by atoms with Crippen LogP contribution in [0.4, 0.5) is 27.8 Å². The molecule has 4 rings (SSSR count). The molecule has 2 aromatic heterocycles. The van der Waals surface area contributed by atoms with Gasteiger partial charge in [0.1, 0.15) is 11.3 Å². The Labute approximate surface area is 199 Å². The first-order chi connectivity index (χ1) is 16.1. The maximum absolute atomic E-state index is 12.3. The van der Waals surface area contributed by atoms with E-state index in [1.165, 1.54) is 6.21 Å². The minimum atomic E-state index is -0.508. The van der Waals surface area contributed by atoms with Gasteiger partial charge in [-0.2, -0.15) is 0 Å². The molecule has 1 atom stereocenters. The number of aliphatic imine (C=N–C) groups is 1. The van der Waals surface area contributed by atoms with E-state index in [2.05, 4.69) is 30.2 Å². The Hall–Kier alpha value is -3.56. The number of ether oxygens (including phenoxy) is 1. The second kappa shape index (κ2) is 9.36. The van der Waals surface area contributed by atoms with Crippen LogP contribution < -0.4 is 10.2 Å². The first-order valence-electron chi connectivity index (χ1n) is 11.5. The van der Waals surface area contributed by atoms with Crippen LogP contribution in [0.15, 0.2) is 29.6 Å². The number of carbonyl (C=O) groups excluding carboxylic acids is 2. The molecule has 1 unspecified atom stereocenters. The van der Waals surface area contributed by atoms with Crippen molar-refractivity contribution in [1.29, 1.82) is 0 Å². The van der Waals surface area contributed by atoms with Crippen molar-refractivity contribution in [2.45, 2.75) is 46.1 Å². The fourth-order valence-corrected chi connectivity index (χ4v) is 4.04. The average molecular weight is 466 g/mol. The Kier molecular flexibility index (Phi) is 6.49. The highest BCUT2D eigenvalue weighted by atomic mass is 16.6. The van der Waals surface area contributed by atoms with Crippen molar-refractivity contribution in [3.8, 4) is 0 Å². The number of piperazine rings is 1. The minimum absolute atomic E-state index is 0.0404. The largest absolute Gasteiger partial charge is 0.444 e. The number of pyridine rings is 1. The Morgan fingerprint density at radius 3 is 2.56 bits per heavy atom. The quantitative estimate of drug-likeness (QED) is 0.727. The molecule has 2 aromatic rings. The number of Topliss-reactive ketones (excluding diaryl/α,β-unsaturated/α-hetero) is 1. The molecule has 0 aromatic carbocycles. The predicted molar refractivity (Wildman–Crippen MR) is 130 cm³/mol. The van der Waals surface area contributed by atoms with Gasteiger partial charge in [0.2, 0.25) is 5.95 Å². The summed E-state index contributed by atoms with van der Waals surface area (Å²) in [6.07, 6.45) is 6.21. The van der Waals surface area contributed by atoms with E-state index in [0.717, 1.165) is 11.4 Å². The molecule has 0 aliphatic carbocycles. The molecule has 0 bridgehead atoms. The van der Waals surface area contributed by atoms with Crippen LogP contribution in [0.25, 0.3) is 0 Å². The summed E-state index contributed by atoms with van der Waals surface area (Å²) in [6, 6.07) is 1.97. The van der Waals surface area contributed by atoms with Gasteiger partial charge < -0.3 is 19.9 Å². The van der Waals surface area contributed by atoms with Crippen LogP contribution in [0.2, 0.25) is 0 Å². The van der Waals surface area contributed by atoms with E-state index in [0.29, 0.717) is 43.5 Å². The van der Waals surface area contributed by atoms with Gasteiger partial charge in [-0.15, -0.1) is 0 Å². The fraction of sp³-hybridized carbons (Fsp3) is 0.500. The predicted octanol–water partition coefficient (Wildman–Crippen LogP) is 3.70. The van der Waals surface area contributed by atoms with Gasteiger partial charge in [0.15, 0.2) is 5.78 Å². The van der Waals surface area contributed by atoms with Gasteiger partial charge in [-0.25, -0.2) is 19.8 Å². The van der Waals surface area contributed by atoms with E-state index in [1.807, 2.05) is 40.7 Å². The van der Waals surface area contributed by atoms with E-state index in [-0.39, 0.29) is 23.7 Å². The molecule has 10 heteroatoms. The molecule has 1 amide bonds. The van der Waals surface area contributed by atoms with Gasteiger partial charge in [-0.3, -0.25) is 9.78 Å². The number of ketones is 1. The molecule has 2 aliphatic rings. The van der Waals surface area contributed by atoms with Gasteiger partial charge in [-0.1, -0.05) is 13.8 Å². The zero-order chi connectivity index (χ0) is 24.5. The first kappa shape index (κ1) is 23.6. The van der Waals surface area contributed by atoms with Crippen LogP contribution in [-0.2, 0) is 9.53 Å². The molecule has 1 N–H and O–H groups in total. The van der Waals surface area contributed by atoms with Gasteiger partial charge in [-0.05, 0) is 32.8 Å². The molecule has 180 valence electrons. The third-order valence-electron chi connectivity index (χ3n) is 5.67. The molecule has 4 heterocycles. The molecule has 10 nitrogen and oxygen atoms in total. The maximum atomic E-state index is 12.3. The lowest BCUT2D eigenvalue weighted by molar-refractivity contribution is -0.114. The molecule has 1 fully saturated rings. The van der Waals surface area contributed by atoms with Crippen LogP contribution in [0.3, 0.4) is 0 Å². The lowest BCUT2D eigenvalue weighted by Crippen LogP contribution is -2.50. The van der Waals surface area contributed by atoms with Gasteiger partial charge in [0.25, 0.3) is 0 Å². The number of rotatable bonds is 4. The number of fused-ring (bicyclic) bond motifs is 1. The average Bonchev–Trinajstić information content (AvgIpc) is 2.78. The monoisotopic (exact) mass is 465 g/mol. The van der Waals surface area contributed by atoms with Gasteiger partial charge >= 0.3 is 6.09 Å². The Balaban J connectivity index is 1.44. The van der Waals surface area contributed by atoms with Crippen molar-refractivity contribution in [3.05, 3.63) is 30.4 Å². The molecule has 2 aliphatic heterocycles. The molecule has 0 spiro atoms. The smallest absolute Gasteiger partial charge is 0.410 e. The molecule has 1 saturated heterocycles. The Bertz CT molecular complexity index is 1100. The maximum Gasteiger partial charge on any atom is 0.410 e. The summed E-state index contributed by atoms with van der Waals surface area (Å²) in [6.45, 7) is 12.1. The van der Waals surface area contributed by atoms with Gasteiger partial charge in [0, 0.05) is 26.2 Å². The summed E-state index contributed by atoms with van der Waals surface area (Å²) in [7, 11) is 0. The van der Waals surface area contributed by atoms with Crippen molar-refractivity contribution >= 4 is 41.1 Å². The normalized spacial score (nSPS) is 18.2. The van der Waals surface area contributed by atoms with E-state index in [4.69, 9.17) is 4.74 Å². The highest BCUT2D eigenvalue weighted by Gasteiger charge is 2.30. The van der Waals surface area contributed by atoms with Crippen molar-refractivity contribution in [3.63, 3.8) is 0 Å². The van der Waals surface area contributed by atoms with E-state index >= 15 is 0 Å². The molecular formula is C24H31N7O3. The third-order valence-corrected chi connectivity index (χ3v) is 5.67. The number of hydrogen-bond donors (Lipinski definition) is 1. The van der Waals surface area contributed by atoms with Crippen molar-refractivity contribution in [2.75, 3.05) is 36.4 Å². The van der Waals surface area contributed by atoms with Gasteiger partial charge in [0.05, 0.1) is 47.8 Å². The number of nitrogens with one attached hydrogen (secondary N) is 1. The number of anilines is 3. The zero-order valence-corrected chi connectivity index (χ0v) is 20.3. The van der Waals surface area contributed by atoms with E-state index in [1.54, 1.807) is 23.5 Å². The standard InChI is InChI=1S/C24H31N7O3/c1-15(2)20-19(32)14-26-18-13-27-22(29-21(18)20)28-16-10-17(12-25-11-16)30-6-8-31(9-7-30)23(33)34-24(3,4)5/h10-15,20H,6-9H2,1-5H3,(H,27,28,29). The topological polar surface area (TPSA) is 113 Å². The second-order valence-corrected chi connectivity index (χ2v) is 9.86. The van der Waals surface area contributed by atoms with Crippen molar-refractivity contribution in [1.82, 2.24) is 19.9 Å². The highest BCUT2D eigenvalue weighted by Crippen LogP contribution is 2.34. The summed E-state index contributed by atoms with van der Waals surface area (Å²) < 4.78 is 5.47. The lowest BCUT2D eigenvalue weighted by Gasteiger charge is -2.36. The lowest BCUT2D eigenvalue weighted by atomic mass is 9.86. The number of carbonyl (C=O) groups is 2. The van der Waals surface area contributed by atoms with Crippen LogP contribution in [-0.4, -0.2) is 69.7 Å². The summed E-state index contributed by atoms with van der Waals surface area (Å²) in [5.74, 6) is 0.121. The van der Waals surface area contributed by atoms with Crippen molar-refractivity contribution in [2.24, 2.45) is 10.9 Å². The summed E-state index contributed by atoms with van der Waals surface area (Å²) in [5, 5.41) is 3.20. The number of hydrogen-bond acceptors (Lipinski definition) is 9. The van der Waals surface area contributed by atoms with E-state index < -0.39 is 5.60 Å². The highest BCUT2D eigenvalue weighted by molar-refractivity contribution is 6.31. The van der Waals surface area contributed by atoms with Crippen LogP contribution in [0.1, 0.15) is 46.2 Å². The summed E-state index contributed by atoms with van der Waals surface area (Å²) in [5.41, 5.74) is 2.43. The van der Waals surface area contributed by atoms with E-state index in [9.17, 15) is 9.59 Å². The summed E-state index contributed by atoms with van der Waals surface area (Å²) in [4.78, 5) is 46.1. The molecular weight excluding hydrogens is 434 g/mol.